The summed E-state index contributed by atoms with van der Waals surface area (Å²) in [6.07, 6.45) is 4.27. The second-order valence-corrected chi connectivity index (χ2v) is 8.59. The maximum atomic E-state index is 13.1. The highest BCUT2D eigenvalue weighted by Crippen LogP contribution is 2.17. The van der Waals surface area contributed by atoms with Crippen molar-refractivity contribution in [3.8, 4) is 0 Å². The number of rotatable bonds is 11. The van der Waals surface area contributed by atoms with Gasteiger partial charge in [-0.3, -0.25) is 14.6 Å². The van der Waals surface area contributed by atoms with Crippen LogP contribution in [0.2, 0.25) is 0 Å². The molecule has 4 aromatic rings. The summed E-state index contributed by atoms with van der Waals surface area (Å²) >= 11 is 0. The molecule has 0 unspecified atom stereocenters. The monoisotopic (exact) mass is 484 g/mol. The lowest BCUT2D eigenvalue weighted by molar-refractivity contribution is -0.129. The van der Waals surface area contributed by atoms with Gasteiger partial charge in [-0.1, -0.05) is 42.5 Å². The Morgan fingerprint density at radius 2 is 1.67 bits per heavy atom. The van der Waals surface area contributed by atoms with E-state index in [1.165, 1.54) is 5.56 Å². The maximum absolute atomic E-state index is 13.1. The van der Waals surface area contributed by atoms with E-state index in [2.05, 4.69) is 32.3 Å². The Balaban J connectivity index is 1.39. The Hall–Kier alpha value is -4.20. The average molecular weight is 485 g/mol. The smallest absolute Gasteiger partial charge is 0.287 e. The van der Waals surface area contributed by atoms with E-state index in [9.17, 15) is 9.59 Å². The molecule has 0 aliphatic carbocycles. The molecule has 4 rings (SSSR count). The van der Waals surface area contributed by atoms with Crippen LogP contribution in [0.15, 0.2) is 79.1 Å². The molecule has 2 aromatic carbocycles. The fourth-order valence-electron chi connectivity index (χ4n) is 4.17. The van der Waals surface area contributed by atoms with Gasteiger partial charge in [0, 0.05) is 51.3 Å². The molecule has 0 aliphatic heterocycles. The van der Waals surface area contributed by atoms with Gasteiger partial charge in [0.15, 0.2) is 5.82 Å². The number of hydrogen-bond acceptors (Lipinski definition) is 5. The highest BCUT2D eigenvalue weighted by molar-refractivity contribution is 5.96. The van der Waals surface area contributed by atoms with Crippen LogP contribution in [0, 0.1) is 0 Å². The van der Waals surface area contributed by atoms with Crippen molar-refractivity contribution >= 4 is 28.5 Å². The number of benzene rings is 2. The van der Waals surface area contributed by atoms with E-state index < -0.39 is 0 Å². The van der Waals surface area contributed by atoms with Crippen molar-refractivity contribution in [1.82, 2.24) is 24.8 Å². The van der Waals surface area contributed by atoms with Gasteiger partial charge in [0.25, 0.3) is 5.91 Å². The Bertz CT molecular complexity index is 1290. The SMILES string of the molecule is CCN(CCN(C)c1ccncc1)C(=O)CNC(=O)c1nc2ccccc2n1CCc1ccccc1. The molecule has 0 fully saturated rings. The fourth-order valence-corrected chi connectivity index (χ4v) is 4.17. The van der Waals surface area contributed by atoms with Crippen LogP contribution in [-0.4, -0.2) is 64.5 Å². The number of aromatic nitrogens is 3. The zero-order valence-corrected chi connectivity index (χ0v) is 20.8. The fraction of sp³-hybridized carbons (Fsp3) is 0.286. The first kappa shape index (κ1) is 24.9. The third-order valence-corrected chi connectivity index (χ3v) is 6.27. The molecule has 0 saturated carbocycles. The summed E-state index contributed by atoms with van der Waals surface area (Å²) < 4.78 is 1.93. The summed E-state index contributed by atoms with van der Waals surface area (Å²) in [4.78, 5) is 38.5. The Morgan fingerprint density at radius 3 is 2.42 bits per heavy atom. The molecular formula is C28H32N6O2. The number of pyridine rings is 1. The van der Waals surface area contributed by atoms with E-state index in [-0.39, 0.29) is 18.4 Å². The van der Waals surface area contributed by atoms with Gasteiger partial charge in [0.1, 0.15) is 0 Å². The zero-order chi connectivity index (χ0) is 25.3. The first-order chi connectivity index (χ1) is 17.6. The first-order valence-corrected chi connectivity index (χ1v) is 12.2. The van der Waals surface area contributed by atoms with Gasteiger partial charge in [-0.2, -0.15) is 0 Å². The van der Waals surface area contributed by atoms with Crippen molar-refractivity contribution in [3.05, 3.63) is 90.5 Å². The summed E-state index contributed by atoms with van der Waals surface area (Å²) in [5.74, 6) is -0.154. The molecule has 0 aliphatic rings. The molecule has 2 heterocycles. The van der Waals surface area contributed by atoms with Crippen LogP contribution in [0.4, 0.5) is 5.69 Å². The molecule has 0 saturated heterocycles. The Labute approximate surface area is 211 Å². The second-order valence-electron chi connectivity index (χ2n) is 8.59. The minimum Gasteiger partial charge on any atom is -0.373 e. The minimum absolute atomic E-state index is 0.0759. The minimum atomic E-state index is -0.349. The summed E-state index contributed by atoms with van der Waals surface area (Å²) in [5, 5.41) is 2.80. The molecule has 1 N–H and O–H groups in total. The number of para-hydroxylation sites is 2. The number of anilines is 1. The van der Waals surface area contributed by atoms with Gasteiger partial charge >= 0.3 is 0 Å². The largest absolute Gasteiger partial charge is 0.373 e. The highest BCUT2D eigenvalue weighted by Gasteiger charge is 2.20. The van der Waals surface area contributed by atoms with E-state index >= 15 is 0 Å². The lowest BCUT2D eigenvalue weighted by atomic mass is 10.1. The molecule has 0 atom stereocenters. The predicted octanol–water partition coefficient (Wildman–Crippen LogP) is 3.39. The molecule has 0 bridgehead atoms. The van der Waals surface area contributed by atoms with Crippen molar-refractivity contribution in [2.24, 2.45) is 0 Å². The number of hydrogen-bond donors (Lipinski definition) is 1. The van der Waals surface area contributed by atoms with E-state index in [4.69, 9.17) is 0 Å². The molecule has 8 heteroatoms. The molecule has 2 aromatic heterocycles. The van der Waals surface area contributed by atoms with Crippen molar-refractivity contribution < 1.29 is 9.59 Å². The van der Waals surface area contributed by atoms with Crippen molar-refractivity contribution in [1.29, 1.82) is 0 Å². The number of fused-ring (bicyclic) bond motifs is 1. The highest BCUT2D eigenvalue weighted by atomic mass is 16.2. The quantitative estimate of drug-likeness (QED) is 0.353. The van der Waals surface area contributed by atoms with Crippen LogP contribution >= 0.6 is 0 Å². The topological polar surface area (TPSA) is 83.4 Å². The third kappa shape index (κ3) is 6.07. The van der Waals surface area contributed by atoms with E-state index in [0.29, 0.717) is 32.0 Å². The Kier molecular flexibility index (Phi) is 8.28. The third-order valence-electron chi connectivity index (χ3n) is 6.27. The number of nitrogens with zero attached hydrogens (tertiary/aromatic N) is 5. The molecule has 186 valence electrons. The number of nitrogens with one attached hydrogen (secondary N) is 1. The lowest BCUT2D eigenvalue weighted by Gasteiger charge is -2.26. The van der Waals surface area contributed by atoms with E-state index in [1.807, 2.05) is 73.1 Å². The number of likely N-dealkylation sites (N-methyl/N-ethyl adjacent to an activating group) is 2. The lowest BCUT2D eigenvalue weighted by Crippen LogP contribution is -2.43. The number of imidazole rings is 1. The number of amides is 2. The van der Waals surface area contributed by atoms with Crippen LogP contribution in [0.1, 0.15) is 23.1 Å². The predicted molar refractivity (Wildman–Crippen MR) is 142 cm³/mol. The van der Waals surface area contributed by atoms with Crippen LogP contribution in [0.25, 0.3) is 11.0 Å². The summed E-state index contributed by atoms with van der Waals surface area (Å²) in [6.45, 7) is 4.27. The van der Waals surface area contributed by atoms with Gasteiger partial charge in [-0.25, -0.2) is 4.98 Å². The van der Waals surface area contributed by atoms with Gasteiger partial charge in [0.05, 0.1) is 17.6 Å². The first-order valence-electron chi connectivity index (χ1n) is 12.2. The molecule has 36 heavy (non-hydrogen) atoms. The summed E-state index contributed by atoms with van der Waals surface area (Å²) in [7, 11) is 1.98. The standard InChI is InChI=1S/C28H32N6O2/c1-3-33(20-19-32(2)23-13-16-29-17-14-23)26(35)21-30-28(36)27-31-24-11-7-8-12-25(24)34(27)18-15-22-9-5-4-6-10-22/h4-14,16-17H,3,15,18-21H2,1-2H3,(H,30,36). The molecule has 2 amide bonds. The average Bonchev–Trinajstić information content (AvgIpc) is 3.30. The molecule has 8 nitrogen and oxygen atoms in total. The maximum Gasteiger partial charge on any atom is 0.287 e. The van der Waals surface area contributed by atoms with Crippen molar-refractivity contribution in [2.75, 3.05) is 38.1 Å². The molecule has 0 radical (unpaired) electrons. The number of carbonyl (C=O) groups is 2. The summed E-state index contributed by atoms with van der Waals surface area (Å²) in [5.41, 5.74) is 3.89. The van der Waals surface area contributed by atoms with Crippen molar-refractivity contribution in [3.63, 3.8) is 0 Å². The zero-order valence-electron chi connectivity index (χ0n) is 20.8. The van der Waals surface area contributed by atoms with Crippen molar-refractivity contribution in [2.45, 2.75) is 19.9 Å². The van der Waals surface area contributed by atoms with Gasteiger partial charge in [-0.15, -0.1) is 0 Å². The van der Waals surface area contributed by atoms with E-state index in [1.54, 1.807) is 17.3 Å². The van der Waals surface area contributed by atoms with Gasteiger partial charge < -0.3 is 19.7 Å². The van der Waals surface area contributed by atoms with Crippen LogP contribution in [-0.2, 0) is 17.8 Å². The van der Waals surface area contributed by atoms with Crippen LogP contribution in [0.3, 0.4) is 0 Å². The van der Waals surface area contributed by atoms with Crippen LogP contribution < -0.4 is 10.2 Å². The Morgan fingerprint density at radius 1 is 0.944 bits per heavy atom. The molecular weight excluding hydrogens is 452 g/mol. The number of carbonyl (C=O) groups excluding carboxylic acids is 2. The molecule has 0 spiro atoms. The second kappa shape index (κ2) is 12.0. The summed E-state index contributed by atoms with van der Waals surface area (Å²) in [6, 6.07) is 21.7. The van der Waals surface area contributed by atoms with Gasteiger partial charge in [0.2, 0.25) is 5.91 Å². The van der Waals surface area contributed by atoms with E-state index in [0.717, 1.165) is 23.1 Å². The number of aryl methyl sites for hydroxylation is 2. The normalized spacial score (nSPS) is 10.8. The van der Waals surface area contributed by atoms with Gasteiger partial charge in [-0.05, 0) is 43.2 Å². The van der Waals surface area contributed by atoms with Crippen LogP contribution in [0.5, 0.6) is 0 Å².